The summed E-state index contributed by atoms with van der Waals surface area (Å²) in [6, 6.07) is 3.32. The maximum atomic E-state index is 13.6. The van der Waals surface area contributed by atoms with Crippen molar-refractivity contribution >= 4 is 79.7 Å². The summed E-state index contributed by atoms with van der Waals surface area (Å²) in [4.78, 5) is 22.7. The van der Waals surface area contributed by atoms with E-state index in [2.05, 4.69) is 0 Å². The molecule has 0 spiro atoms. The summed E-state index contributed by atoms with van der Waals surface area (Å²) in [6.45, 7) is 1.73. The van der Waals surface area contributed by atoms with E-state index < -0.39 is 23.5 Å². The minimum atomic E-state index is -4.19. The maximum absolute atomic E-state index is 13.6. The number of carbonyl (C=O) groups is 2. The SMILES string of the molecule is CC(C)(OC(=O)c1cc(I)cc(I)c1I)C(F)(F)C(=O)O. The normalized spacial score (nSPS) is 12.1. The standard InChI is InChI=1S/C12H9F2I3O4/c1-11(2,12(13,14)10(19)20)21-9(18)6-3-5(15)4-7(16)8(6)17/h3-4H,1-2H3,(H,19,20). The van der Waals surface area contributed by atoms with Gasteiger partial charge in [-0.2, -0.15) is 8.78 Å². The molecule has 0 aliphatic rings. The van der Waals surface area contributed by atoms with Gasteiger partial charge in [0.05, 0.1) is 5.56 Å². The minimum absolute atomic E-state index is 0.126. The topological polar surface area (TPSA) is 63.6 Å². The van der Waals surface area contributed by atoms with Gasteiger partial charge in [0.25, 0.3) is 0 Å². The molecule has 0 aromatic heterocycles. The molecule has 1 aromatic carbocycles. The molecule has 0 unspecified atom stereocenters. The van der Waals surface area contributed by atoms with E-state index >= 15 is 0 Å². The van der Waals surface area contributed by atoms with Crippen LogP contribution >= 0.6 is 67.8 Å². The van der Waals surface area contributed by atoms with Gasteiger partial charge in [-0.25, -0.2) is 9.59 Å². The summed E-state index contributed by atoms with van der Waals surface area (Å²) < 4.78 is 34.0. The number of hydrogen-bond acceptors (Lipinski definition) is 3. The van der Waals surface area contributed by atoms with Crippen LogP contribution in [0.25, 0.3) is 0 Å². The van der Waals surface area contributed by atoms with Crippen LogP contribution in [0.4, 0.5) is 8.78 Å². The van der Waals surface area contributed by atoms with E-state index in [9.17, 15) is 18.4 Å². The largest absolute Gasteiger partial charge is 0.477 e. The first-order valence-corrected chi connectivity index (χ1v) is 8.63. The van der Waals surface area contributed by atoms with Crippen molar-refractivity contribution in [2.45, 2.75) is 25.4 Å². The van der Waals surface area contributed by atoms with E-state index in [4.69, 9.17) is 9.84 Å². The van der Waals surface area contributed by atoms with Crippen LogP contribution in [0.5, 0.6) is 0 Å². The fourth-order valence-electron chi connectivity index (χ4n) is 1.31. The summed E-state index contributed by atoms with van der Waals surface area (Å²) in [5.41, 5.74) is -2.34. The average Bonchev–Trinajstić information content (AvgIpc) is 2.32. The molecule has 0 saturated heterocycles. The summed E-state index contributed by atoms with van der Waals surface area (Å²) in [5.74, 6) is -7.52. The van der Waals surface area contributed by atoms with E-state index in [0.717, 1.165) is 21.0 Å². The van der Waals surface area contributed by atoms with E-state index in [1.807, 2.05) is 73.8 Å². The first-order valence-electron chi connectivity index (χ1n) is 5.39. The third-order valence-electron chi connectivity index (χ3n) is 2.59. The lowest BCUT2D eigenvalue weighted by molar-refractivity contribution is -0.200. The molecule has 0 atom stereocenters. The average molecular weight is 636 g/mol. The predicted molar refractivity (Wildman–Crippen MR) is 96.7 cm³/mol. The number of carboxylic acids is 1. The molecule has 0 amide bonds. The Balaban J connectivity index is 3.15. The third kappa shape index (κ3) is 4.14. The number of aliphatic carboxylic acids is 1. The van der Waals surface area contributed by atoms with E-state index in [-0.39, 0.29) is 5.56 Å². The zero-order chi connectivity index (χ0) is 16.6. The first-order chi connectivity index (χ1) is 9.40. The van der Waals surface area contributed by atoms with Crippen LogP contribution in [0.2, 0.25) is 0 Å². The number of benzene rings is 1. The van der Waals surface area contributed by atoms with Gasteiger partial charge < -0.3 is 9.84 Å². The molecule has 0 radical (unpaired) electrons. The molecule has 0 bridgehead atoms. The Kier molecular flexibility index (Phi) is 6.20. The second-order valence-electron chi connectivity index (χ2n) is 4.53. The molecule has 4 nitrogen and oxygen atoms in total. The molecule has 1 N–H and O–H groups in total. The first kappa shape index (κ1) is 19.3. The van der Waals surface area contributed by atoms with Gasteiger partial charge in [0.15, 0.2) is 5.60 Å². The molecule has 0 aliphatic carbocycles. The summed E-state index contributed by atoms with van der Waals surface area (Å²) in [6.07, 6.45) is 0. The van der Waals surface area contributed by atoms with Crippen LogP contribution in [0.1, 0.15) is 24.2 Å². The highest BCUT2D eigenvalue weighted by molar-refractivity contribution is 14.1. The lowest BCUT2D eigenvalue weighted by Gasteiger charge is -2.30. The zero-order valence-electron chi connectivity index (χ0n) is 10.7. The Bertz CT molecular complexity index is 602. The highest BCUT2D eigenvalue weighted by Gasteiger charge is 2.57. The van der Waals surface area contributed by atoms with Gasteiger partial charge in [-0.1, -0.05) is 0 Å². The smallest absolute Gasteiger partial charge is 0.380 e. The number of rotatable bonds is 4. The monoisotopic (exact) mass is 636 g/mol. The van der Waals surface area contributed by atoms with Gasteiger partial charge in [0.2, 0.25) is 0 Å². The Hall–Kier alpha value is 0.210. The van der Waals surface area contributed by atoms with Gasteiger partial charge in [-0.3, -0.25) is 0 Å². The summed E-state index contributed by atoms with van der Waals surface area (Å²) >= 11 is 5.90. The quantitative estimate of drug-likeness (QED) is 0.307. The second kappa shape index (κ2) is 6.76. The number of halogens is 5. The van der Waals surface area contributed by atoms with Crippen molar-refractivity contribution in [1.82, 2.24) is 0 Å². The minimum Gasteiger partial charge on any atom is -0.477 e. The highest BCUT2D eigenvalue weighted by Crippen LogP contribution is 2.33. The number of esters is 1. The molecule has 21 heavy (non-hydrogen) atoms. The molecule has 0 aliphatic heterocycles. The zero-order valence-corrected chi connectivity index (χ0v) is 17.2. The Morgan fingerprint density at radius 2 is 1.71 bits per heavy atom. The number of alkyl halides is 2. The van der Waals surface area contributed by atoms with Crippen LogP contribution < -0.4 is 0 Å². The fraction of sp³-hybridized carbons (Fsp3) is 0.333. The van der Waals surface area contributed by atoms with Crippen molar-refractivity contribution < 1.29 is 28.2 Å². The van der Waals surface area contributed by atoms with Crippen LogP contribution in [-0.4, -0.2) is 28.6 Å². The lowest BCUT2D eigenvalue weighted by atomic mass is 10.0. The van der Waals surface area contributed by atoms with Crippen molar-refractivity contribution in [3.8, 4) is 0 Å². The van der Waals surface area contributed by atoms with E-state index in [1.54, 1.807) is 0 Å². The molecular formula is C12H9F2I3O4. The van der Waals surface area contributed by atoms with Crippen LogP contribution in [-0.2, 0) is 9.53 Å². The summed E-state index contributed by atoms with van der Waals surface area (Å²) in [5, 5.41) is 8.56. The van der Waals surface area contributed by atoms with Crippen molar-refractivity contribution in [3.63, 3.8) is 0 Å². The van der Waals surface area contributed by atoms with Crippen molar-refractivity contribution in [2.24, 2.45) is 0 Å². The highest BCUT2D eigenvalue weighted by atomic mass is 127. The number of carboxylic acid groups (broad SMARTS) is 1. The molecule has 0 fully saturated rings. The van der Waals surface area contributed by atoms with Crippen LogP contribution in [0.3, 0.4) is 0 Å². The molecule has 116 valence electrons. The fourth-order valence-corrected chi connectivity index (χ4v) is 3.69. The predicted octanol–water partition coefficient (Wildman–Crippen LogP) is 4.16. The van der Waals surface area contributed by atoms with Gasteiger partial charge in [0, 0.05) is 10.7 Å². The Morgan fingerprint density at radius 1 is 1.19 bits per heavy atom. The van der Waals surface area contributed by atoms with Crippen molar-refractivity contribution in [3.05, 3.63) is 28.4 Å². The molecule has 1 rings (SSSR count). The molecule has 0 heterocycles. The van der Waals surface area contributed by atoms with Crippen molar-refractivity contribution in [2.75, 3.05) is 0 Å². The molecule has 0 saturated carbocycles. The van der Waals surface area contributed by atoms with Gasteiger partial charge in [-0.05, 0) is 93.8 Å². The number of hydrogen-bond donors (Lipinski definition) is 1. The van der Waals surface area contributed by atoms with E-state index in [1.165, 1.54) is 6.07 Å². The lowest BCUT2D eigenvalue weighted by Crippen LogP contribution is -2.51. The Morgan fingerprint density at radius 3 is 2.19 bits per heavy atom. The molecule has 1 aromatic rings. The second-order valence-corrected chi connectivity index (χ2v) is 8.02. The number of ether oxygens (including phenoxy) is 1. The van der Waals surface area contributed by atoms with E-state index in [0.29, 0.717) is 3.57 Å². The summed E-state index contributed by atoms with van der Waals surface area (Å²) in [7, 11) is 0. The molecule has 9 heteroatoms. The molecular weight excluding hydrogens is 627 g/mol. The van der Waals surface area contributed by atoms with Crippen LogP contribution in [0.15, 0.2) is 12.1 Å². The third-order valence-corrected chi connectivity index (χ3v) is 6.25. The van der Waals surface area contributed by atoms with Gasteiger partial charge in [0.1, 0.15) is 0 Å². The van der Waals surface area contributed by atoms with Crippen LogP contribution in [0, 0.1) is 10.7 Å². The Labute approximate surface area is 160 Å². The van der Waals surface area contributed by atoms with Gasteiger partial charge >= 0.3 is 17.9 Å². The van der Waals surface area contributed by atoms with Crippen molar-refractivity contribution in [1.29, 1.82) is 0 Å². The maximum Gasteiger partial charge on any atom is 0.380 e. The number of carbonyl (C=O) groups excluding carboxylic acids is 1. The van der Waals surface area contributed by atoms with Gasteiger partial charge in [-0.15, -0.1) is 0 Å².